The number of benzene rings is 2. The Kier molecular flexibility index (Phi) is 6.55. The molecular formula is C23H22F3N3O3S. The fourth-order valence-electron chi connectivity index (χ4n) is 3.51. The Bertz CT molecular complexity index is 1180. The third kappa shape index (κ3) is 5.44. The number of aromatic nitrogens is 2. The number of hydrogen-bond acceptors (Lipinski definition) is 5. The van der Waals surface area contributed by atoms with Crippen molar-refractivity contribution in [2.24, 2.45) is 0 Å². The zero-order valence-corrected chi connectivity index (χ0v) is 18.8. The number of aryl methyl sites for hydroxylation is 2. The highest BCUT2D eigenvalue weighted by Crippen LogP contribution is 2.35. The van der Waals surface area contributed by atoms with Gasteiger partial charge in [0.1, 0.15) is 13.2 Å². The summed E-state index contributed by atoms with van der Waals surface area (Å²) < 4.78 is 53.6. The maximum absolute atomic E-state index is 13.7. The standard InChI is InChI=1S/C23H22F3N3O3S/c1-14-9-15(2)29(28-14)17-4-3-16(19(10-17)23(24,25)26)12-27-22(30)13-33-18-5-6-20-21(11-18)32-8-7-31-20/h3-6,9-11H,7-8,12-13H2,1-2H3,(H,27,30). The summed E-state index contributed by atoms with van der Waals surface area (Å²) in [6.07, 6.45) is -4.56. The second-order valence-electron chi connectivity index (χ2n) is 7.55. The van der Waals surface area contributed by atoms with Crippen LogP contribution in [0.25, 0.3) is 5.69 Å². The molecule has 1 aliphatic heterocycles. The van der Waals surface area contributed by atoms with E-state index in [2.05, 4.69) is 10.4 Å². The number of rotatable bonds is 6. The maximum atomic E-state index is 13.7. The molecule has 6 nitrogen and oxygen atoms in total. The van der Waals surface area contributed by atoms with Gasteiger partial charge in [-0.05, 0) is 55.8 Å². The van der Waals surface area contributed by atoms with Crippen LogP contribution in [-0.4, -0.2) is 34.7 Å². The molecule has 2 aromatic carbocycles. The van der Waals surface area contributed by atoms with Crippen LogP contribution in [0.15, 0.2) is 47.4 Å². The summed E-state index contributed by atoms with van der Waals surface area (Å²) in [7, 11) is 0. The van der Waals surface area contributed by atoms with Crippen molar-refractivity contribution in [3.8, 4) is 17.2 Å². The molecule has 0 atom stereocenters. The number of carbonyl (C=O) groups excluding carboxylic acids is 1. The lowest BCUT2D eigenvalue weighted by atomic mass is 10.1. The van der Waals surface area contributed by atoms with E-state index in [-0.39, 0.29) is 23.8 Å². The van der Waals surface area contributed by atoms with Crippen molar-refractivity contribution >= 4 is 17.7 Å². The molecule has 0 aliphatic carbocycles. The number of nitrogens with zero attached hydrogens (tertiary/aromatic N) is 2. The molecule has 10 heteroatoms. The van der Waals surface area contributed by atoms with Crippen LogP contribution in [0.3, 0.4) is 0 Å². The molecule has 0 unspecified atom stereocenters. The number of alkyl halides is 3. The number of halogens is 3. The van der Waals surface area contributed by atoms with Gasteiger partial charge in [0.25, 0.3) is 0 Å². The van der Waals surface area contributed by atoms with Crippen LogP contribution in [-0.2, 0) is 17.5 Å². The predicted octanol–water partition coefficient (Wildman–Crippen LogP) is 4.69. The Morgan fingerprint density at radius 1 is 1.09 bits per heavy atom. The second kappa shape index (κ2) is 9.38. The van der Waals surface area contributed by atoms with Gasteiger partial charge in [-0.3, -0.25) is 4.79 Å². The Morgan fingerprint density at radius 3 is 2.55 bits per heavy atom. The lowest BCUT2D eigenvalue weighted by Crippen LogP contribution is -2.26. The fourth-order valence-corrected chi connectivity index (χ4v) is 4.27. The van der Waals surface area contributed by atoms with Gasteiger partial charge in [0.15, 0.2) is 11.5 Å². The molecule has 2 heterocycles. The third-order valence-corrected chi connectivity index (χ3v) is 6.01. The highest BCUT2D eigenvalue weighted by molar-refractivity contribution is 8.00. The van der Waals surface area contributed by atoms with E-state index in [4.69, 9.17) is 9.47 Å². The van der Waals surface area contributed by atoms with E-state index in [0.717, 1.165) is 16.7 Å². The lowest BCUT2D eigenvalue weighted by Gasteiger charge is -2.18. The monoisotopic (exact) mass is 477 g/mol. The summed E-state index contributed by atoms with van der Waals surface area (Å²) in [6.45, 7) is 4.28. The first-order chi connectivity index (χ1) is 15.7. The summed E-state index contributed by atoms with van der Waals surface area (Å²) in [5.41, 5.74) is 0.959. The molecule has 0 bridgehead atoms. The summed E-state index contributed by atoms with van der Waals surface area (Å²) in [5, 5.41) is 6.83. The third-order valence-electron chi connectivity index (χ3n) is 5.01. The van der Waals surface area contributed by atoms with Crippen molar-refractivity contribution in [3.05, 3.63) is 65.0 Å². The highest BCUT2D eigenvalue weighted by atomic mass is 32.2. The van der Waals surface area contributed by atoms with Crippen LogP contribution in [0.5, 0.6) is 11.5 Å². The maximum Gasteiger partial charge on any atom is 0.416 e. The van der Waals surface area contributed by atoms with E-state index in [0.29, 0.717) is 36.1 Å². The second-order valence-corrected chi connectivity index (χ2v) is 8.60. The lowest BCUT2D eigenvalue weighted by molar-refractivity contribution is -0.138. The van der Waals surface area contributed by atoms with Crippen LogP contribution >= 0.6 is 11.8 Å². The molecule has 174 valence electrons. The molecule has 0 fully saturated rings. The molecular weight excluding hydrogens is 455 g/mol. The molecule has 0 spiro atoms. The van der Waals surface area contributed by atoms with Crippen molar-refractivity contribution in [2.45, 2.75) is 31.5 Å². The first-order valence-corrected chi connectivity index (χ1v) is 11.2. The molecule has 1 aromatic heterocycles. The number of hydrogen-bond donors (Lipinski definition) is 1. The molecule has 0 saturated heterocycles. The van der Waals surface area contributed by atoms with Crippen molar-refractivity contribution < 1.29 is 27.4 Å². The zero-order chi connectivity index (χ0) is 23.6. The number of thioether (sulfide) groups is 1. The minimum absolute atomic E-state index is 0.00883. The summed E-state index contributed by atoms with van der Waals surface area (Å²) >= 11 is 1.27. The minimum Gasteiger partial charge on any atom is -0.486 e. The molecule has 1 aliphatic rings. The molecule has 3 aromatic rings. The van der Waals surface area contributed by atoms with E-state index in [1.54, 1.807) is 38.1 Å². The average molecular weight is 478 g/mol. The van der Waals surface area contributed by atoms with Gasteiger partial charge in [-0.1, -0.05) is 6.07 Å². The number of nitrogens with one attached hydrogen (secondary N) is 1. The summed E-state index contributed by atoms with van der Waals surface area (Å²) in [4.78, 5) is 13.1. The van der Waals surface area contributed by atoms with Crippen LogP contribution < -0.4 is 14.8 Å². The van der Waals surface area contributed by atoms with Gasteiger partial charge in [0.2, 0.25) is 5.91 Å². The van der Waals surface area contributed by atoms with Crippen molar-refractivity contribution in [1.82, 2.24) is 15.1 Å². The Morgan fingerprint density at radius 2 is 1.85 bits per heavy atom. The number of amides is 1. The van der Waals surface area contributed by atoms with Gasteiger partial charge >= 0.3 is 6.18 Å². The molecule has 33 heavy (non-hydrogen) atoms. The quantitative estimate of drug-likeness (QED) is 0.522. The zero-order valence-electron chi connectivity index (χ0n) is 18.0. The largest absolute Gasteiger partial charge is 0.486 e. The van der Waals surface area contributed by atoms with Crippen molar-refractivity contribution in [2.75, 3.05) is 19.0 Å². The molecule has 4 rings (SSSR count). The normalized spacial score (nSPS) is 13.1. The minimum atomic E-state index is -4.56. The van der Waals surface area contributed by atoms with Gasteiger partial charge < -0.3 is 14.8 Å². The van der Waals surface area contributed by atoms with Gasteiger partial charge in [-0.15, -0.1) is 11.8 Å². The topological polar surface area (TPSA) is 65.4 Å². The molecule has 1 N–H and O–H groups in total. The van der Waals surface area contributed by atoms with E-state index >= 15 is 0 Å². The van der Waals surface area contributed by atoms with E-state index in [1.807, 2.05) is 6.07 Å². The van der Waals surface area contributed by atoms with Crippen LogP contribution in [0.2, 0.25) is 0 Å². The van der Waals surface area contributed by atoms with E-state index in [9.17, 15) is 18.0 Å². The molecule has 1 amide bonds. The Hall–Kier alpha value is -3.14. The predicted molar refractivity (Wildman–Crippen MR) is 118 cm³/mol. The first-order valence-electron chi connectivity index (χ1n) is 10.2. The highest BCUT2D eigenvalue weighted by Gasteiger charge is 2.34. The first kappa shape index (κ1) is 23.0. The number of fused-ring (bicyclic) bond motifs is 1. The molecule has 0 saturated carbocycles. The Balaban J connectivity index is 1.42. The van der Waals surface area contributed by atoms with Crippen molar-refractivity contribution in [1.29, 1.82) is 0 Å². The van der Waals surface area contributed by atoms with E-state index in [1.165, 1.54) is 22.5 Å². The van der Waals surface area contributed by atoms with Crippen LogP contribution in [0.1, 0.15) is 22.5 Å². The SMILES string of the molecule is Cc1cc(C)n(-c2ccc(CNC(=O)CSc3ccc4c(c3)OCCO4)c(C(F)(F)F)c2)n1. The van der Waals surface area contributed by atoms with Gasteiger partial charge in [0, 0.05) is 17.1 Å². The fraction of sp³-hybridized carbons (Fsp3) is 0.304. The van der Waals surface area contributed by atoms with Gasteiger partial charge in [-0.2, -0.15) is 18.3 Å². The molecule has 0 radical (unpaired) electrons. The van der Waals surface area contributed by atoms with Gasteiger partial charge in [-0.25, -0.2) is 4.68 Å². The summed E-state index contributed by atoms with van der Waals surface area (Å²) in [6, 6.07) is 11.2. The van der Waals surface area contributed by atoms with Crippen LogP contribution in [0, 0.1) is 13.8 Å². The summed E-state index contributed by atoms with van der Waals surface area (Å²) in [5.74, 6) is 0.957. The smallest absolute Gasteiger partial charge is 0.416 e. The van der Waals surface area contributed by atoms with E-state index < -0.39 is 11.7 Å². The van der Waals surface area contributed by atoms with Crippen molar-refractivity contribution in [3.63, 3.8) is 0 Å². The average Bonchev–Trinajstić information content (AvgIpc) is 3.13. The van der Waals surface area contributed by atoms with Crippen LogP contribution in [0.4, 0.5) is 13.2 Å². The Labute approximate surface area is 193 Å². The number of ether oxygens (including phenoxy) is 2. The number of carbonyl (C=O) groups is 1. The van der Waals surface area contributed by atoms with Gasteiger partial charge in [0.05, 0.1) is 22.7 Å².